The first-order valence-electron chi connectivity index (χ1n) is 9.61. The number of benzene rings is 1. The number of aromatic nitrogens is 2. The molecule has 1 N–H and O–H groups in total. The molecule has 4 rings (SSSR count). The van der Waals surface area contributed by atoms with Crippen LogP contribution in [0.1, 0.15) is 37.3 Å². The van der Waals surface area contributed by atoms with Crippen molar-refractivity contribution in [2.75, 3.05) is 11.5 Å². The van der Waals surface area contributed by atoms with E-state index in [1.807, 2.05) is 43.5 Å². The molecule has 0 radical (unpaired) electrons. The van der Waals surface area contributed by atoms with Crippen molar-refractivity contribution in [2.45, 2.75) is 32.5 Å². The Morgan fingerprint density at radius 3 is 2.57 bits per heavy atom. The summed E-state index contributed by atoms with van der Waals surface area (Å²) in [5, 5.41) is 4.20. The fraction of sp³-hybridized carbons (Fsp3) is 0.273. The summed E-state index contributed by atoms with van der Waals surface area (Å²) in [5.74, 6) is 0.860. The van der Waals surface area contributed by atoms with Crippen LogP contribution in [0.2, 0.25) is 0 Å². The van der Waals surface area contributed by atoms with E-state index < -0.39 is 0 Å². The summed E-state index contributed by atoms with van der Waals surface area (Å²) in [6.45, 7) is 5.69. The molecular formula is C22H24N4OS. The van der Waals surface area contributed by atoms with E-state index in [0.717, 1.165) is 23.7 Å². The van der Waals surface area contributed by atoms with Crippen LogP contribution < -0.4 is 15.0 Å². The Morgan fingerprint density at radius 2 is 1.89 bits per heavy atom. The molecule has 2 atom stereocenters. The number of aryl methyl sites for hydroxylation is 1. The molecule has 3 heterocycles. The minimum atomic E-state index is -0.0273. The minimum absolute atomic E-state index is 0.00953. The van der Waals surface area contributed by atoms with Crippen LogP contribution >= 0.6 is 12.2 Å². The molecule has 0 unspecified atom stereocenters. The van der Waals surface area contributed by atoms with Gasteiger partial charge in [-0.3, -0.25) is 4.98 Å². The molecule has 0 amide bonds. The Bertz CT molecular complexity index is 939. The van der Waals surface area contributed by atoms with Gasteiger partial charge < -0.3 is 19.5 Å². The van der Waals surface area contributed by atoms with Gasteiger partial charge in [0.05, 0.1) is 18.3 Å². The van der Waals surface area contributed by atoms with Gasteiger partial charge in [-0.05, 0) is 74.6 Å². The van der Waals surface area contributed by atoms with Crippen LogP contribution in [-0.2, 0) is 6.54 Å². The maximum atomic E-state index is 5.76. The molecular weight excluding hydrogens is 368 g/mol. The molecule has 28 heavy (non-hydrogen) atoms. The Labute approximate surface area is 171 Å². The molecule has 0 aliphatic carbocycles. The van der Waals surface area contributed by atoms with Gasteiger partial charge in [-0.2, -0.15) is 0 Å². The summed E-state index contributed by atoms with van der Waals surface area (Å²) in [5.41, 5.74) is 3.22. The van der Waals surface area contributed by atoms with Crippen molar-refractivity contribution in [1.82, 2.24) is 14.9 Å². The molecule has 1 fully saturated rings. The lowest BCUT2D eigenvalue weighted by molar-refractivity contribution is 0.340. The van der Waals surface area contributed by atoms with Crippen molar-refractivity contribution in [3.05, 3.63) is 78.4 Å². The molecule has 3 aromatic rings. The molecule has 0 spiro atoms. The molecule has 0 bridgehead atoms. The van der Waals surface area contributed by atoms with Crippen LogP contribution in [-0.4, -0.2) is 21.3 Å². The van der Waals surface area contributed by atoms with E-state index in [0.29, 0.717) is 11.7 Å². The number of nitrogens with zero attached hydrogens (tertiary/aromatic N) is 3. The highest BCUT2D eigenvalue weighted by Crippen LogP contribution is 2.41. The Morgan fingerprint density at radius 1 is 1.07 bits per heavy atom. The smallest absolute Gasteiger partial charge is 0.174 e. The van der Waals surface area contributed by atoms with Crippen molar-refractivity contribution >= 4 is 23.0 Å². The third-order valence-corrected chi connectivity index (χ3v) is 5.35. The lowest BCUT2D eigenvalue weighted by atomic mass is 10.0. The molecule has 1 aliphatic heterocycles. The van der Waals surface area contributed by atoms with Crippen molar-refractivity contribution in [3.8, 4) is 5.75 Å². The SMILES string of the molecule is CCOc1ccc(N2C(=S)N[C@@H](c3ccccn3)[C@@H]2c2cccn2CC)cc1. The number of pyridine rings is 1. The Hall–Kier alpha value is -2.86. The predicted molar refractivity (Wildman–Crippen MR) is 116 cm³/mol. The summed E-state index contributed by atoms with van der Waals surface area (Å²) in [6.07, 6.45) is 3.94. The Balaban J connectivity index is 1.78. The van der Waals surface area contributed by atoms with Crippen molar-refractivity contribution in [2.24, 2.45) is 0 Å². The Kier molecular flexibility index (Phi) is 5.30. The number of hydrogen-bond acceptors (Lipinski definition) is 3. The molecule has 6 heteroatoms. The summed E-state index contributed by atoms with van der Waals surface area (Å²) in [7, 11) is 0. The van der Waals surface area contributed by atoms with E-state index in [4.69, 9.17) is 17.0 Å². The number of hydrogen-bond donors (Lipinski definition) is 1. The first-order valence-corrected chi connectivity index (χ1v) is 10.0. The average molecular weight is 393 g/mol. The van der Waals surface area contributed by atoms with Gasteiger partial charge in [0.15, 0.2) is 5.11 Å². The van der Waals surface area contributed by atoms with Gasteiger partial charge in [0.25, 0.3) is 0 Å². The number of rotatable bonds is 6. The highest BCUT2D eigenvalue weighted by Gasteiger charge is 2.41. The van der Waals surface area contributed by atoms with E-state index >= 15 is 0 Å². The molecule has 2 aromatic heterocycles. The van der Waals surface area contributed by atoms with Gasteiger partial charge in [-0.15, -0.1) is 0 Å². The maximum Gasteiger partial charge on any atom is 0.174 e. The lowest BCUT2D eigenvalue weighted by Crippen LogP contribution is -2.30. The lowest BCUT2D eigenvalue weighted by Gasteiger charge is -2.29. The zero-order valence-corrected chi connectivity index (χ0v) is 16.9. The van der Waals surface area contributed by atoms with Crippen molar-refractivity contribution in [3.63, 3.8) is 0 Å². The minimum Gasteiger partial charge on any atom is -0.494 e. The van der Waals surface area contributed by atoms with Gasteiger partial charge in [-0.25, -0.2) is 0 Å². The predicted octanol–water partition coefficient (Wildman–Crippen LogP) is 4.48. The third kappa shape index (κ3) is 3.36. The van der Waals surface area contributed by atoms with Crippen molar-refractivity contribution < 1.29 is 4.74 Å². The second-order valence-electron chi connectivity index (χ2n) is 6.64. The molecule has 1 aliphatic rings. The summed E-state index contributed by atoms with van der Waals surface area (Å²) in [6, 6.07) is 18.3. The number of ether oxygens (including phenoxy) is 1. The standard InChI is InChI=1S/C22H24N4OS/c1-3-25-15-7-9-19(25)21-20(18-8-5-6-14-23-18)24-22(28)26(21)16-10-12-17(13-11-16)27-4-2/h5-15,20-21H,3-4H2,1-2H3,(H,24,28)/t20-,21-/m0/s1. The number of anilines is 1. The monoisotopic (exact) mass is 392 g/mol. The topological polar surface area (TPSA) is 42.3 Å². The highest BCUT2D eigenvalue weighted by atomic mass is 32.1. The largest absolute Gasteiger partial charge is 0.494 e. The summed E-state index contributed by atoms with van der Waals surface area (Å²) in [4.78, 5) is 6.79. The van der Waals surface area contributed by atoms with E-state index in [-0.39, 0.29) is 12.1 Å². The fourth-order valence-corrected chi connectivity index (χ4v) is 4.13. The van der Waals surface area contributed by atoms with E-state index in [1.54, 1.807) is 0 Å². The van der Waals surface area contributed by atoms with Crippen LogP contribution in [0.4, 0.5) is 5.69 Å². The molecule has 144 valence electrons. The quantitative estimate of drug-likeness (QED) is 0.627. The zero-order chi connectivity index (χ0) is 19.5. The van der Waals surface area contributed by atoms with E-state index in [9.17, 15) is 0 Å². The van der Waals surface area contributed by atoms with Crippen LogP contribution in [0.5, 0.6) is 5.75 Å². The average Bonchev–Trinajstić information content (AvgIpc) is 3.33. The third-order valence-electron chi connectivity index (χ3n) is 5.03. The molecule has 1 saturated heterocycles. The van der Waals surface area contributed by atoms with Gasteiger partial charge in [0, 0.05) is 30.3 Å². The first kappa shape index (κ1) is 18.5. The fourth-order valence-electron chi connectivity index (χ4n) is 3.79. The maximum absolute atomic E-state index is 5.76. The number of thiocarbonyl (C=S) groups is 1. The van der Waals surface area contributed by atoms with Crippen LogP contribution in [0.15, 0.2) is 67.0 Å². The van der Waals surface area contributed by atoms with E-state index in [2.05, 4.69) is 57.2 Å². The van der Waals surface area contributed by atoms with Gasteiger partial charge in [0.1, 0.15) is 11.8 Å². The molecule has 0 saturated carbocycles. The first-order chi connectivity index (χ1) is 13.7. The van der Waals surface area contributed by atoms with Gasteiger partial charge in [0.2, 0.25) is 0 Å². The molecule has 1 aromatic carbocycles. The normalized spacial score (nSPS) is 18.9. The van der Waals surface area contributed by atoms with Crippen molar-refractivity contribution in [1.29, 1.82) is 0 Å². The summed E-state index contributed by atoms with van der Waals surface area (Å²) >= 11 is 5.76. The van der Waals surface area contributed by atoms with E-state index in [1.165, 1.54) is 5.69 Å². The second kappa shape index (κ2) is 8.02. The summed E-state index contributed by atoms with van der Waals surface area (Å²) < 4.78 is 7.86. The van der Waals surface area contributed by atoms with Gasteiger partial charge >= 0.3 is 0 Å². The number of nitrogens with one attached hydrogen (secondary N) is 1. The van der Waals surface area contributed by atoms with Crippen LogP contribution in [0.3, 0.4) is 0 Å². The van der Waals surface area contributed by atoms with Gasteiger partial charge in [-0.1, -0.05) is 6.07 Å². The van der Waals surface area contributed by atoms with Crippen LogP contribution in [0, 0.1) is 0 Å². The second-order valence-corrected chi connectivity index (χ2v) is 7.03. The molecule has 5 nitrogen and oxygen atoms in total. The zero-order valence-electron chi connectivity index (χ0n) is 16.1. The van der Waals surface area contributed by atoms with Crippen LogP contribution in [0.25, 0.3) is 0 Å². The highest BCUT2D eigenvalue weighted by molar-refractivity contribution is 7.80.